The van der Waals surface area contributed by atoms with Crippen LogP contribution < -0.4 is 4.74 Å². The van der Waals surface area contributed by atoms with E-state index >= 15 is 0 Å². The highest BCUT2D eigenvalue weighted by Crippen LogP contribution is 2.19. The molecule has 0 radical (unpaired) electrons. The van der Waals surface area contributed by atoms with E-state index in [9.17, 15) is 0 Å². The second kappa shape index (κ2) is 7.63. The SMILES string of the molecule is CCCCCc1cnc(-c2ccc(OCC)cc2)nc1. The number of nitrogens with zero attached hydrogens (tertiary/aromatic N) is 2. The van der Waals surface area contributed by atoms with Gasteiger partial charge >= 0.3 is 0 Å². The summed E-state index contributed by atoms with van der Waals surface area (Å²) in [6, 6.07) is 7.91. The summed E-state index contributed by atoms with van der Waals surface area (Å²) in [5, 5.41) is 0. The molecule has 0 saturated carbocycles. The summed E-state index contributed by atoms with van der Waals surface area (Å²) in [5.41, 5.74) is 2.24. The van der Waals surface area contributed by atoms with Crippen LogP contribution >= 0.6 is 0 Å². The van der Waals surface area contributed by atoms with Crippen molar-refractivity contribution in [1.29, 1.82) is 0 Å². The van der Waals surface area contributed by atoms with E-state index < -0.39 is 0 Å². The highest BCUT2D eigenvalue weighted by Gasteiger charge is 2.02. The summed E-state index contributed by atoms with van der Waals surface area (Å²) in [5.74, 6) is 1.65. The number of hydrogen-bond acceptors (Lipinski definition) is 3. The van der Waals surface area contributed by atoms with Crippen LogP contribution in [0.3, 0.4) is 0 Å². The Bertz CT molecular complexity index is 506. The number of benzene rings is 1. The van der Waals surface area contributed by atoms with Crippen LogP contribution in [-0.4, -0.2) is 16.6 Å². The van der Waals surface area contributed by atoms with E-state index in [0.717, 1.165) is 23.6 Å². The molecule has 3 heteroatoms. The lowest BCUT2D eigenvalue weighted by molar-refractivity contribution is 0.340. The van der Waals surface area contributed by atoms with Crippen molar-refractivity contribution in [2.75, 3.05) is 6.61 Å². The molecule has 1 heterocycles. The molecular formula is C17H22N2O. The van der Waals surface area contributed by atoms with E-state index in [1.54, 1.807) is 0 Å². The third-order valence-electron chi connectivity index (χ3n) is 3.20. The molecule has 2 aromatic rings. The van der Waals surface area contributed by atoms with Gasteiger partial charge in [0.05, 0.1) is 6.61 Å². The molecule has 0 atom stereocenters. The van der Waals surface area contributed by atoms with Gasteiger partial charge in [-0.05, 0) is 49.6 Å². The minimum atomic E-state index is 0.683. The van der Waals surface area contributed by atoms with Crippen molar-refractivity contribution in [3.05, 3.63) is 42.2 Å². The van der Waals surface area contributed by atoms with Crippen molar-refractivity contribution in [2.45, 2.75) is 39.5 Å². The summed E-state index contributed by atoms with van der Waals surface area (Å²) in [6.07, 6.45) is 8.66. The predicted molar refractivity (Wildman–Crippen MR) is 81.9 cm³/mol. The van der Waals surface area contributed by atoms with E-state index in [-0.39, 0.29) is 0 Å². The molecule has 1 aromatic carbocycles. The van der Waals surface area contributed by atoms with Crippen molar-refractivity contribution in [3.63, 3.8) is 0 Å². The minimum absolute atomic E-state index is 0.683. The molecule has 0 saturated heterocycles. The Morgan fingerprint density at radius 1 is 0.950 bits per heavy atom. The molecule has 0 aliphatic rings. The first-order valence-corrected chi connectivity index (χ1v) is 7.37. The summed E-state index contributed by atoms with van der Waals surface area (Å²) < 4.78 is 5.43. The van der Waals surface area contributed by atoms with Gasteiger partial charge in [-0.2, -0.15) is 0 Å². The molecule has 0 aliphatic heterocycles. The molecule has 2 rings (SSSR count). The number of aryl methyl sites for hydroxylation is 1. The smallest absolute Gasteiger partial charge is 0.159 e. The fraction of sp³-hybridized carbons (Fsp3) is 0.412. The maximum atomic E-state index is 5.43. The van der Waals surface area contributed by atoms with Crippen molar-refractivity contribution < 1.29 is 4.74 Å². The first kappa shape index (κ1) is 14.5. The average Bonchev–Trinajstić information content (AvgIpc) is 2.49. The van der Waals surface area contributed by atoms with Crippen molar-refractivity contribution in [1.82, 2.24) is 9.97 Å². The zero-order chi connectivity index (χ0) is 14.2. The van der Waals surface area contributed by atoms with E-state index in [2.05, 4.69) is 16.9 Å². The number of rotatable bonds is 7. The monoisotopic (exact) mass is 270 g/mol. The van der Waals surface area contributed by atoms with Gasteiger partial charge in [-0.3, -0.25) is 0 Å². The Balaban J connectivity index is 2.01. The van der Waals surface area contributed by atoms with Crippen LogP contribution in [0.4, 0.5) is 0 Å². The van der Waals surface area contributed by atoms with Gasteiger partial charge < -0.3 is 4.74 Å². The lowest BCUT2D eigenvalue weighted by atomic mass is 10.1. The van der Waals surface area contributed by atoms with Crippen LogP contribution in [0.15, 0.2) is 36.7 Å². The first-order valence-electron chi connectivity index (χ1n) is 7.37. The van der Waals surface area contributed by atoms with E-state index in [1.807, 2.05) is 43.6 Å². The lowest BCUT2D eigenvalue weighted by Crippen LogP contribution is -1.94. The van der Waals surface area contributed by atoms with Gasteiger partial charge in [-0.25, -0.2) is 9.97 Å². The van der Waals surface area contributed by atoms with Gasteiger partial charge in [0.15, 0.2) is 5.82 Å². The summed E-state index contributed by atoms with van der Waals surface area (Å²) in [6.45, 7) is 4.88. The predicted octanol–water partition coefficient (Wildman–Crippen LogP) is 4.28. The zero-order valence-corrected chi connectivity index (χ0v) is 12.3. The molecule has 0 N–H and O–H groups in total. The quantitative estimate of drug-likeness (QED) is 0.704. The molecule has 0 amide bonds. The Morgan fingerprint density at radius 2 is 1.65 bits per heavy atom. The largest absolute Gasteiger partial charge is 0.494 e. The molecule has 20 heavy (non-hydrogen) atoms. The van der Waals surface area contributed by atoms with Crippen LogP contribution in [0.1, 0.15) is 38.7 Å². The standard InChI is InChI=1S/C17H22N2O/c1-3-5-6-7-14-12-18-17(19-13-14)15-8-10-16(11-9-15)20-4-2/h8-13H,3-7H2,1-2H3. The van der Waals surface area contributed by atoms with E-state index in [0.29, 0.717) is 6.61 Å². The van der Waals surface area contributed by atoms with Crippen molar-refractivity contribution in [3.8, 4) is 17.1 Å². The van der Waals surface area contributed by atoms with Crippen LogP contribution in [0.2, 0.25) is 0 Å². The highest BCUT2D eigenvalue weighted by molar-refractivity contribution is 5.55. The number of hydrogen-bond donors (Lipinski definition) is 0. The third-order valence-corrected chi connectivity index (χ3v) is 3.20. The van der Waals surface area contributed by atoms with Gasteiger partial charge in [0.1, 0.15) is 5.75 Å². The molecule has 0 spiro atoms. The lowest BCUT2D eigenvalue weighted by Gasteiger charge is -2.05. The van der Waals surface area contributed by atoms with Crippen molar-refractivity contribution >= 4 is 0 Å². The van der Waals surface area contributed by atoms with E-state index in [4.69, 9.17) is 4.74 Å². The molecular weight excluding hydrogens is 248 g/mol. The minimum Gasteiger partial charge on any atom is -0.494 e. The Labute approximate surface area is 121 Å². The first-order chi connectivity index (χ1) is 9.83. The average molecular weight is 270 g/mol. The number of unbranched alkanes of at least 4 members (excludes halogenated alkanes) is 2. The molecule has 106 valence electrons. The molecule has 1 aromatic heterocycles. The van der Waals surface area contributed by atoms with Gasteiger partial charge in [-0.15, -0.1) is 0 Å². The number of ether oxygens (including phenoxy) is 1. The fourth-order valence-electron chi connectivity index (χ4n) is 2.08. The number of aromatic nitrogens is 2. The Morgan fingerprint density at radius 3 is 2.25 bits per heavy atom. The van der Waals surface area contributed by atoms with Gasteiger partial charge in [0, 0.05) is 18.0 Å². The van der Waals surface area contributed by atoms with E-state index in [1.165, 1.54) is 24.8 Å². The second-order valence-electron chi connectivity index (χ2n) is 4.83. The Hall–Kier alpha value is -1.90. The molecule has 0 unspecified atom stereocenters. The summed E-state index contributed by atoms with van der Waals surface area (Å²) in [7, 11) is 0. The highest BCUT2D eigenvalue weighted by atomic mass is 16.5. The topological polar surface area (TPSA) is 35.0 Å². The molecule has 0 bridgehead atoms. The van der Waals surface area contributed by atoms with Crippen molar-refractivity contribution in [2.24, 2.45) is 0 Å². The third kappa shape index (κ3) is 4.05. The molecule has 3 nitrogen and oxygen atoms in total. The van der Waals surface area contributed by atoms with Gasteiger partial charge in [-0.1, -0.05) is 19.8 Å². The summed E-state index contributed by atoms with van der Waals surface area (Å²) >= 11 is 0. The van der Waals surface area contributed by atoms with Gasteiger partial charge in [0.25, 0.3) is 0 Å². The molecule has 0 fully saturated rings. The maximum absolute atomic E-state index is 5.43. The van der Waals surface area contributed by atoms with Gasteiger partial charge in [0.2, 0.25) is 0 Å². The Kier molecular flexibility index (Phi) is 5.54. The second-order valence-corrected chi connectivity index (χ2v) is 4.83. The van der Waals surface area contributed by atoms with Crippen LogP contribution in [0, 0.1) is 0 Å². The van der Waals surface area contributed by atoms with Crippen LogP contribution in [0.5, 0.6) is 5.75 Å². The normalized spacial score (nSPS) is 10.5. The maximum Gasteiger partial charge on any atom is 0.159 e. The van der Waals surface area contributed by atoms with Crippen LogP contribution in [0.25, 0.3) is 11.4 Å². The zero-order valence-electron chi connectivity index (χ0n) is 12.3. The fourth-order valence-corrected chi connectivity index (χ4v) is 2.08. The molecule has 0 aliphatic carbocycles. The summed E-state index contributed by atoms with van der Waals surface area (Å²) in [4.78, 5) is 8.90. The van der Waals surface area contributed by atoms with Crippen LogP contribution in [-0.2, 0) is 6.42 Å².